The number of hydrogen-bond acceptors (Lipinski definition) is 4. The van der Waals surface area contributed by atoms with Crippen LogP contribution in [0.3, 0.4) is 0 Å². The smallest absolute Gasteiger partial charge is 0.119 e. The summed E-state index contributed by atoms with van der Waals surface area (Å²) in [7, 11) is 0. The second-order valence-electron chi connectivity index (χ2n) is 5.30. The van der Waals surface area contributed by atoms with Crippen molar-refractivity contribution in [2.45, 2.75) is 33.4 Å². The molecule has 0 aliphatic heterocycles. The van der Waals surface area contributed by atoms with Gasteiger partial charge in [-0.15, -0.1) is 11.3 Å². The van der Waals surface area contributed by atoms with Crippen LogP contribution in [0.2, 0.25) is 0 Å². The standard InChI is InChI=1S/C16H22N2OS/c1-12(2)11-19-15-6-4-14(5-7-15)13(3)18-10-16-17-8-9-20-16/h4-9,12-13,18H,10-11H2,1-3H3. The summed E-state index contributed by atoms with van der Waals surface area (Å²) < 4.78 is 5.69. The molecule has 0 aliphatic rings. The summed E-state index contributed by atoms with van der Waals surface area (Å²) in [5, 5.41) is 6.60. The molecule has 3 nitrogen and oxygen atoms in total. The van der Waals surface area contributed by atoms with Gasteiger partial charge in [-0.25, -0.2) is 4.98 Å². The van der Waals surface area contributed by atoms with Gasteiger partial charge < -0.3 is 10.1 Å². The van der Waals surface area contributed by atoms with Crippen molar-refractivity contribution in [2.24, 2.45) is 5.92 Å². The number of benzene rings is 1. The molecule has 2 aromatic rings. The van der Waals surface area contributed by atoms with Gasteiger partial charge in [0.2, 0.25) is 0 Å². The molecule has 1 aromatic carbocycles. The Balaban J connectivity index is 1.85. The Kier molecular flexibility index (Phi) is 5.56. The van der Waals surface area contributed by atoms with E-state index in [0.717, 1.165) is 23.9 Å². The van der Waals surface area contributed by atoms with Crippen LogP contribution in [0.5, 0.6) is 5.75 Å². The fourth-order valence-electron chi connectivity index (χ4n) is 1.81. The van der Waals surface area contributed by atoms with E-state index in [1.54, 1.807) is 11.3 Å². The van der Waals surface area contributed by atoms with Crippen molar-refractivity contribution in [1.82, 2.24) is 10.3 Å². The predicted molar refractivity (Wildman–Crippen MR) is 84.1 cm³/mol. The lowest BCUT2D eigenvalue weighted by atomic mass is 10.1. The molecule has 0 saturated heterocycles. The Morgan fingerprint density at radius 3 is 2.55 bits per heavy atom. The highest BCUT2D eigenvalue weighted by molar-refractivity contribution is 7.09. The molecule has 2 rings (SSSR count). The third-order valence-corrected chi connectivity index (χ3v) is 3.79. The maximum atomic E-state index is 5.69. The van der Waals surface area contributed by atoms with E-state index in [1.807, 2.05) is 23.7 Å². The first-order chi connectivity index (χ1) is 9.65. The molecule has 0 fully saturated rings. The van der Waals surface area contributed by atoms with Gasteiger partial charge in [-0.1, -0.05) is 26.0 Å². The average molecular weight is 290 g/mol. The van der Waals surface area contributed by atoms with Crippen LogP contribution in [0.4, 0.5) is 0 Å². The van der Waals surface area contributed by atoms with Crippen LogP contribution in [-0.4, -0.2) is 11.6 Å². The topological polar surface area (TPSA) is 34.1 Å². The van der Waals surface area contributed by atoms with Crippen LogP contribution in [0.25, 0.3) is 0 Å². The Morgan fingerprint density at radius 2 is 1.95 bits per heavy atom. The fraction of sp³-hybridized carbons (Fsp3) is 0.438. The predicted octanol–water partition coefficient (Wildman–Crippen LogP) is 4.03. The third-order valence-electron chi connectivity index (χ3n) is 3.01. The van der Waals surface area contributed by atoms with Gasteiger partial charge in [0.15, 0.2) is 0 Å². The summed E-state index contributed by atoms with van der Waals surface area (Å²) in [4.78, 5) is 4.27. The molecule has 1 N–H and O–H groups in total. The van der Waals surface area contributed by atoms with Crippen LogP contribution in [-0.2, 0) is 6.54 Å². The van der Waals surface area contributed by atoms with Crippen molar-refractivity contribution in [3.05, 3.63) is 46.4 Å². The number of nitrogens with one attached hydrogen (secondary N) is 1. The van der Waals surface area contributed by atoms with E-state index in [4.69, 9.17) is 4.74 Å². The molecule has 108 valence electrons. The number of ether oxygens (including phenoxy) is 1. The van der Waals surface area contributed by atoms with Crippen LogP contribution in [0, 0.1) is 5.92 Å². The third kappa shape index (κ3) is 4.62. The molecule has 0 radical (unpaired) electrons. The Bertz CT molecular complexity index is 494. The van der Waals surface area contributed by atoms with Gasteiger partial charge in [-0.2, -0.15) is 0 Å². The van der Waals surface area contributed by atoms with E-state index in [0.29, 0.717) is 12.0 Å². The van der Waals surface area contributed by atoms with E-state index < -0.39 is 0 Å². The quantitative estimate of drug-likeness (QED) is 0.836. The monoisotopic (exact) mass is 290 g/mol. The molecule has 1 unspecified atom stereocenters. The summed E-state index contributed by atoms with van der Waals surface area (Å²) in [6.45, 7) is 8.04. The second kappa shape index (κ2) is 7.41. The minimum Gasteiger partial charge on any atom is -0.493 e. The molecule has 1 atom stereocenters. The second-order valence-corrected chi connectivity index (χ2v) is 6.28. The number of nitrogens with zero attached hydrogens (tertiary/aromatic N) is 1. The number of rotatable bonds is 7. The Hall–Kier alpha value is -1.39. The van der Waals surface area contributed by atoms with Gasteiger partial charge >= 0.3 is 0 Å². The molecule has 0 saturated carbocycles. The van der Waals surface area contributed by atoms with Crippen LogP contribution < -0.4 is 10.1 Å². The molecular formula is C16H22N2OS. The van der Waals surface area contributed by atoms with Crippen LogP contribution in [0.15, 0.2) is 35.8 Å². The summed E-state index contributed by atoms with van der Waals surface area (Å²) in [5.74, 6) is 1.49. The lowest BCUT2D eigenvalue weighted by molar-refractivity contribution is 0.271. The molecule has 1 heterocycles. The van der Waals surface area contributed by atoms with Gasteiger partial charge in [0.1, 0.15) is 10.8 Å². The van der Waals surface area contributed by atoms with Crippen molar-refractivity contribution < 1.29 is 4.74 Å². The number of thiazole rings is 1. The molecule has 4 heteroatoms. The van der Waals surface area contributed by atoms with E-state index in [1.165, 1.54) is 5.56 Å². The summed E-state index contributed by atoms with van der Waals surface area (Å²) in [6.07, 6.45) is 1.84. The normalized spacial score (nSPS) is 12.6. The van der Waals surface area contributed by atoms with Crippen LogP contribution in [0.1, 0.15) is 37.4 Å². The SMILES string of the molecule is CC(C)COc1ccc(C(C)NCc2nccs2)cc1. The first-order valence-electron chi connectivity index (χ1n) is 6.99. The first kappa shape index (κ1) is 15.0. The van der Waals surface area contributed by atoms with Gasteiger partial charge in [-0.05, 0) is 30.5 Å². The van der Waals surface area contributed by atoms with Crippen molar-refractivity contribution in [3.63, 3.8) is 0 Å². The Morgan fingerprint density at radius 1 is 1.20 bits per heavy atom. The van der Waals surface area contributed by atoms with E-state index in [9.17, 15) is 0 Å². The average Bonchev–Trinajstić information content (AvgIpc) is 2.96. The molecular weight excluding hydrogens is 268 g/mol. The lowest BCUT2D eigenvalue weighted by Gasteiger charge is -2.14. The van der Waals surface area contributed by atoms with Crippen molar-refractivity contribution >= 4 is 11.3 Å². The molecule has 0 bridgehead atoms. The number of hydrogen-bond donors (Lipinski definition) is 1. The largest absolute Gasteiger partial charge is 0.493 e. The maximum absolute atomic E-state index is 5.69. The zero-order valence-electron chi connectivity index (χ0n) is 12.3. The first-order valence-corrected chi connectivity index (χ1v) is 7.87. The van der Waals surface area contributed by atoms with E-state index >= 15 is 0 Å². The van der Waals surface area contributed by atoms with Gasteiger partial charge in [0.25, 0.3) is 0 Å². The van der Waals surface area contributed by atoms with Gasteiger partial charge in [0, 0.05) is 24.2 Å². The minimum atomic E-state index is 0.304. The highest BCUT2D eigenvalue weighted by Crippen LogP contribution is 2.18. The van der Waals surface area contributed by atoms with Crippen molar-refractivity contribution in [2.75, 3.05) is 6.61 Å². The molecule has 20 heavy (non-hydrogen) atoms. The summed E-state index contributed by atoms with van der Waals surface area (Å²) >= 11 is 1.68. The van der Waals surface area contributed by atoms with Gasteiger partial charge in [0.05, 0.1) is 6.61 Å². The van der Waals surface area contributed by atoms with Crippen molar-refractivity contribution in [3.8, 4) is 5.75 Å². The summed E-state index contributed by atoms with van der Waals surface area (Å²) in [6, 6.07) is 8.63. The zero-order valence-corrected chi connectivity index (χ0v) is 13.1. The number of aromatic nitrogens is 1. The maximum Gasteiger partial charge on any atom is 0.119 e. The van der Waals surface area contributed by atoms with Crippen molar-refractivity contribution in [1.29, 1.82) is 0 Å². The Labute approximate surface area is 125 Å². The minimum absolute atomic E-state index is 0.304. The molecule has 1 aromatic heterocycles. The lowest BCUT2D eigenvalue weighted by Crippen LogP contribution is -2.17. The highest BCUT2D eigenvalue weighted by Gasteiger charge is 2.06. The van der Waals surface area contributed by atoms with Gasteiger partial charge in [-0.3, -0.25) is 0 Å². The summed E-state index contributed by atoms with van der Waals surface area (Å²) in [5.41, 5.74) is 1.26. The van der Waals surface area contributed by atoms with Crippen LogP contribution >= 0.6 is 11.3 Å². The molecule has 0 aliphatic carbocycles. The zero-order chi connectivity index (χ0) is 14.4. The van der Waals surface area contributed by atoms with E-state index in [-0.39, 0.29) is 0 Å². The molecule has 0 amide bonds. The fourth-order valence-corrected chi connectivity index (χ4v) is 2.38. The molecule has 0 spiro atoms. The highest BCUT2D eigenvalue weighted by atomic mass is 32.1. The van der Waals surface area contributed by atoms with E-state index in [2.05, 4.69) is 43.2 Å².